The lowest BCUT2D eigenvalue weighted by molar-refractivity contribution is -0.140. The number of imide groups is 2. The summed E-state index contributed by atoms with van der Waals surface area (Å²) in [6, 6.07) is 8.84. The van der Waals surface area contributed by atoms with Crippen molar-refractivity contribution >= 4 is 29.3 Å². The van der Waals surface area contributed by atoms with Gasteiger partial charge in [0.05, 0.1) is 29.5 Å². The van der Waals surface area contributed by atoms with Crippen molar-refractivity contribution in [3.8, 4) is 0 Å². The highest BCUT2D eigenvalue weighted by Crippen LogP contribution is 2.52. The molecule has 2 bridgehead atoms. The van der Waals surface area contributed by atoms with E-state index in [0.29, 0.717) is 30.6 Å². The number of nitrogens with zero attached hydrogens (tertiary/aromatic N) is 2. The minimum atomic E-state index is -0.344. The van der Waals surface area contributed by atoms with Gasteiger partial charge in [-0.2, -0.15) is 0 Å². The fourth-order valence-electron chi connectivity index (χ4n) is 5.24. The zero-order valence-electron chi connectivity index (χ0n) is 16.5. The molecule has 2 heterocycles. The second-order valence-electron chi connectivity index (χ2n) is 8.34. The molecule has 4 atom stereocenters. The van der Waals surface area contributed by atoms with Gasteiger partial charge in [-0.1, -0.05) is 30.4 Å². The van der Waals surface area contributed by atoms with Crippen molar-refractivity contribution in [1.82, 2.24) is 4.90 Å². The van der Waals surface area contributed by atoms with Gasteiger partial charge >= 0.3 is 0 Å². The molecule has 4 unspecified atom stereocenters. The predicted octanol–water partition coefficient (Wildman–Crippen LogP) is 2.62. The third-order valence-corrected chi connectivity index (χ3v) is 6.62. The van der Waals surface area contributed by atoms with Crippen LogP contribution in [0.1, 0.15) is 25.7 Å². The quantitative estimate of drug-likeness (QED) is 0.249. The zero-order chi connectivity index (χ0) is 20.8. The van der Waals surface area contributed by atoms with Gasteiger partial charge in [0.2, 0.25) is 17.7 Å². The number of para-hydroxylation sites is 1. The highest BCUT2D eigenvalue weighted by molar-refractivity contribution is 6.28. The van der Waals surface area contributed by atoms with Gasteiger partial charge in [0.15, 0.2) is 0 Å². The Morgan fingerprint density at radius 2 is 1.63 bits per heavy atom. The van der Waals surface area contributed by atoms with E-state index in [1.54, 1.807) is 30.3 Å². The summed E-state index contributed by atoms with van der Waals surface area (Å²) in [5, 5.41) is 0. The van der Waals surface area contributed by atoms with E-state index in [0.717, 1.165) is 6.42 Å². The van der Waals surface area contributed by atoms with E-state index >= 15 is 0 Å². The number of hydrogen-bond acceptors (Lipinski definition) is 4. The molecular formula is C24H22N2O4. The lowest BCUT2D eigenvalue weighted by atomic mass is 9.85. The maximum atomic E-state index is 12.7. The number of amides is 4. The summed E-state index contributed by atoms with van der Waals surface area (Å²) in [5.74, 6) is -0.520. The number of carbonyl (C=O) groups is 4. The van der Waals surface area contributed by atoms with Crippen LogP contribution in [0.5, 0.6) is 0 Å². The molecule has 1 aromatic carbocycles. The Kier molecular flexibility index (Phi) is 4.52. The molecule has 6 heteroatoms. The van der Waals surface area contributed by atoms with Gasteiger partial charge in [0.25, 0.3) is 5.91 Å². The van der Waals surface area contributed by atoms with E-state index < -0.39 is 0 Å². The zero-order valence-corrected chi connectivity index (χ0v) is 16.5. The van der Waals surface area contributed by atoms with Gasteiger partial charge in [0.1, 0.15) is 0 Å². The average molecular weight is 402 g/mol. The highest BCUT2D eigenvalue weighted by atomic mass is 16.2. The van der Waals surface area contributed by atoms with E-state index in [-0.39, 0.29) is 53.7 Å². The molecular weight excluding hydrogens is 380 g/mol. The predicted molar refractivity (Wildman–Crippen MR) is 109 cm³/mol. The minimum Gasteiger partial charge on any atom is -0.282 e. The van der Waals surface area contributed by atoms with E-state index in [1.807, 2.05) is 6.07 Å². The van der Waals surface area contributed by atoms with Crippen LogP contribution in [0.15, 0.2) is 59.9 Å². The largest absolute Gasteiger partial charge is 0.282 e. The summed E-state index contributed by atoms with van der Waals surface area (Å²) in [5.41, 5.74) is 3.86. The first-order valence-electron chi connectivity index (χ1n) is 10.5. The number of hydrogen-bond donors (Lipinski definition) is 0. The van der Waals surface area contributed by atoms with Crippen LogP contribution in [0.2, 0.25) is 0 Å². The smallest absolute Gasteiger partial charge is 0.269 e. The van der Waals surface area contributed by atoms with E-state index in [1.165, 1.54) is 9.80 Å². The third kappa shape index (κ3) is 2.87. The molecule has 152 valence electrons. The van der Waals surface area contributed by atoms with Crippen molar-refractivity contribution in [2.24, 2.45) is 23.7 Å². The first-order chi connectivity index (χ1) is 14.6. The van der Waals surface area contributed by atoms with E-state index in [9.17, 15) is 19.2 Å². The Hall–Kier alpha value is -3.24. The molecule has 3 fully saturated rings. The van der Waals surface area contributed by atoms with Crippen molar-refractivity contribution in [3.63, 3.8) is 0 Å². The lowest BCUT2D eigenvalue weighted by Gasteiger charge is -2.16. The van der Waals surface area contributed by atoms with Crippen LogP contribution in [0.3, 0.4) is 0 Å². The maximum absolute atomic E-state index is 12.7. The molecule has 30 heavy (non-hydrogen) atoms. The molecule has 2 aliphatic heterocycles. The van der Waals surface area contributed by atoms with E-state index in [2.05, 4.69) is 17.9 Å². The van der Waals surface area contributed by atoms with Crippen LogP contribution in [-0.4, -0.2) is 35.1 Å². The van der Waals surface area contributed by atoms with Crippen LogP contribution in [0.4, 0.5) is 5.69 Å². The first-order valence-corrected chi connectivity index (χ1v) is 10.5. The summed E-state index contributed by atoms with van der Waals surface area (Å²) < 4.78 is 0. The van der Waals surface area contributed by atoms with Gasteiger partial charge in [-0.05, 0) is 49.3 Å². The standard InChI is InChI=1S/C24H22N2O4/c27-19-14-17(22(28)26(19)18-8-4-1-5-9-18)7-3-2-6-12-25-23(29)20-15-10-11-16(13-15)21(20)24(25)30/h1,3-5,8-11,15-16,20-21H,2,6,12-14H2. The number of fused-ring (bicyclic) bond motifs is 5. The molecule has 2 aliphatic carbocycles. The molecule has 5 rings (SSSR count). The summed E-state index contributed by atoms with van der Waals surface area (Å²) in [6.07, 6.45) is 8.07. The number of carbonyl (C=O) groups excluding carboxylic acids is 4. The van der Waals surface area contributed by atoms with Crippen LogP contribution in [0, 0.1) is 23.7 Å². The van der Waals surface area contributed by atoms with Gasteiger partial charge < -0.3 is 0 Å². The fraction of sp³-hybridized carbons (Fsp3) is 0.375. The van der Waals surface area contributed by atoms with Crippen LogP contribution < -0.4 is 4.90 Å². The van der Waals surface area contributed by atoms with E-state index in [4.69, 9.17) is 0 Å². The summed E-state index contributed by atoms with van der Waals surface area (Å²) in [6.45, 7) is 0.390. The van der Waals surface area contributed by atoms with Crippen molar-refractivity contribution in [2.75, 3.05) is 11.4 Å². The molecule has 1 saturated carbocycles. The molecule has 4 amide bonds. The van der Waals surface area contributed by atoms with Gasteiger partial charge in [-0.3, -0.25) is 24.1 Å². The second kappa shape index (κ2) is 7.22. The van der Waals surface area contributed by atoms with Crippen molar-refractivity contribution in [1.29, 1.82) is 0 Å². The topological polar surface area (TPSA) is 74.8 Å². The molecule has 0 spiro atoms. The Morgan fingerprint density at radius 3 is 2.30 bits per heavy atom. The van der Waals surface area contributed by atoms with Gasteiger partial charge in [-0.15, -0.1) is 5.73 Å². The average Bonchev–Trinajstić information content (AvgIpc) is 3.48. The third-order valence-electron chi connectivity index (χ3n) is 6.62. The molecule has 0 N–H and O–H groups in total. The molecule has 2 saturated heterocycles. The Morgan fingerprint density at radius 1 is 0.967 bits per heavy atom. The normalized spacial score (nSPS) is 29.3. The van der Waals surface area contributed by atoms with Crippen LogP contribution in [-0.2, 0) is 19.2 Å². The second-order valence-corrected chi connectivity index (χ2v) is 8.34. The first kappa shape index (κ1) is 18.8. The maximum Gasteiger partial charge on any atom is 0.269 e. The number of rotatable bonds is 5. The number of allylic oxidation sites excluding steroid dienone is 2. The Labute approximate surface area is 174 Å². The van der Waals surface area contributed by atoms with Crippen molar-refractivity contribution in [2.45, 2.75) is 25.7 Å². The molecule has 1 aromatic rings. The minimum absolute atomic E-state index is 0.0285. The Balaban J connectivity index is 1.19. The highest BCUT2D eigenvalue weighted by Gasteiger charge is 2.58. The summed E-state index contributed by atoms with van der Waals surface area (Å²) >= 11 is 0. The summed E-state index contributed by atoms with van der Waals surface area (Å²) in [4.78, 5) is 52.7. The Bertz CT molecular complexity index is 1000. The number of likely N-dealkylation sites (tertiary alicyclic amines) is 1. The molecule has 0 radical (unpaired) electrons. The van der Waals surface area contributed by atoms with Gasteiger partial charge in [0, 0.05) is 6.54 Å². The van der Waals surface area contributed by atoms with Crippen molar-refractivity contribution in [3.05, 3.63) is 59.9 Å². The number of anilines is 1. The van der Waals surface area contributed by atoms with Crippen molar-refractivity contribution < 1.29 is 19.2 Å². The lowest BCUT2D eigenvalue weighted by Crippen LogP contribution is -2.33. The molecule has 0 aromatic heterocycles. The SMILES string of the molecule is O=C1C2C3C=CC(C3)C2C(=O)N1CCCC=C=C1CC(=O)N(c2ccccc2)C1=O. The van der Waals surface area contributed by atoms with Gasteiger partial charge in [-0.25, -0.2) is 4.90 Å². The fourth-order valence-corrected chi connectivity index (χ4v) is 5.24. The number of benzene rings is 1. The summed E-state index contributed by atoms with van der Waals surface area (Å²) in [7, 11) is 0. The molecule has 4 aliphatic rings. The van der Waals surface area contributed by atoms with Crippen LogP contribution in [0.25, 0.3) is 0 Å². The number of unbranched alkanes of at least 4 members (excludes halogenated alkanes) is 1. The monoisotopic (exact) mass is 402 g/mol. The van der Waals surface area contributed by atoms with Crippen LogP contribution >= 0.6 is 0 Å². The molecule has 6 nitrogen and oxygen atoms in total.